The van der Waals surface area contributed by atoms with E-state index in [1.165, 1.54) is 12.1 Å². The molecule has 6 nitrogen and oxygen atoms in total. The van der Waals surface area contributed by atoms with E-state index in [4.69, 9.17) is 5.14 Å². The predicted molar refractivity (Wildman–Crippen MR) is 102 cm³/mol. The van der Waals surface area contributed by atoms with E-state index in [1.54, 1.807) is 6.07 Å². The second-order valence-electron chi connectivity index (χ2n) is 6.99. The van der Waals surface area contributed by atoms with Crippen LogP contribution in [-0.2, 0) is 16.4 Å². The summed E-state index contributed by atoms with van der Waals surface area (Å²) in [6, 6.07) is 8.38. The van der Waals surface area contributed by atoms with Gasteiger partial charge in [-0.15, -0.1) is 0 Å². The molecule has 0 saturated heterocycles. The van der Waals surface area contributed by atoms with Crippen molar-refractivity contribution in [1.29, 1.82) is 0 Å². The summed E-state index contributed by atoms with van der Waals surface area (Å²) >= 11 is 0. The van der Waals surface area contributed by atoms with Gasteiger partial charge in [-0.3, -0.25) is 0 Å². The lowest BCUT2D eigenvalue weighted by molar-refractivity contribution is 0.249. The van der Waals surface area contributed by atoms with Crippen molar-refractivity contribution in [1.82, 2.24) is 5.32 Å². The highest BCUT2D eigenvalue weighted by molar-refractivity contribution is 7.89. The standard InChI is InChI=1S/C20H18FN3O3S/c21-17-11-15(28(22,26)27)6-5-14(17)9-13-3-7-16-18(8-4-12-1-2-12)23-20(25)24-19(16)10-13/h3,5-7,10-12,18H,1-2,9H2,(H2,22,26,27)(H2,23,24,25)/t18-/m0/s1. The van der Waals surface area contributed by atoms with E-state index in [0.29, 0.717) is 17.2 Å². The maximum atomic E-state index is 14.3. The van der Waals surface area contributed by atoms with E-state index in [-0.39, 0.29) is 23.4 Å². The number of carbonyl (C=O) groups is 1. The van der Waals surface area contributed by atoms with Gasteiger partial charge in [0, 0.05) is 23.6 Å². The average Bonchev–Trinajstić information content (AvgIpc) is 3.44. The summed E-state index contributed by atoms with van der Waals surface area (Å²) in [6.45, 7) is 0. The lowest BCUT2D eigenvalue weighted by Gasteiger charge is -2.24. The first-order chi connectivity index (χ1) is 13.3. The summed E-state index contributed by atoms with van der Waals surface area (Å²) < 4.78 is 37.0. The van der Waals surface area contributed by atoms with Crippen LogP contribution in [0.4, 0.5) is 14.9 Å². The van der Waals surface area contributed by atoms with E-state index >= 15 is 0 Å². The van der Waals surface area contributed by atoms with Crippen molar-refractivity contribution in [2.75, 3.05) is 5.32 Å². The Hall–Kier alpha value is -2.89. The van der Waals surface area contributed by atoms with E-state index in [2.05, 4.69) is 22.5 Å². The Morgan fingerprint density at radius 3 is 2.61 bits per heavy atom. The van der Waals surface area contributed by atoms with Gasteiger partial charge in [-0.2, -0.15) is 0 Å². The largest absolute Gasteiger partial charge is 0.320 e. The van der Waals surface area contributed by atoms with Crippen LogP contribution in [0.3, 0.4) is 0 Å². The van der Waals surface area contributed by atoms with E-state index in [1.807, 2.05) is 12.1 Å². The Balaban J connectivity index is 1.60. The van der Waals surface area contributed by atoms with Gasteiger partial charge in [0.15, 0.2) is 0 Å². The zero-order valence-electron chi connectivity index (χ0n) is 14.8. The minimum atomic E-state index is -3.95. The Bertz CT molecular complexity index is 1130. The van der Waals surface area contributed by atoms with Crippen molar-refractivity contribution < 1.29 is 17.6 Å². The van der Waals surface area contributed by atoms with Gasteiger partial charge in [0.2, 0.25) is 10.0 Å². The fourth-order valence-electron chi connectivity index (χ4n) is 3.05. The number of anilines is 1. The molecule has 1 aliphatic carbocycles. The van der Waals surface area contributed by atoms with Crippen LogP contribution in [0.15, 0.2) is 41.3 Å². The summed E-state index contributed by atoms with van der Waals surface area (Å²) in [5.74, 6) is 6.06. The number of halogens is 1. The summed E-state index contributed by atoms with van der Waals surface area (Å²) in [5, 5.41) is 10.6. The number of benzene rings is 2. The molecule has 144 valence electrons. The van der Waals surface area contributed by atoms with Crippen LogP contribution in [0.25, 0.3) is 0 Å². The zero-order chi connectivity index (χ0) is 19.9. The fourth-order valence-corrected chi connectivity index (χ4v) is 3.58. The van der Waals surface area contributed by atoms with Gasteiger partial charge in [-0.05, 0) is 42.2 Å². The molecule has 2 aromatic rings. The third-order valence-corrected chi connectivity index (χ3v) is 5.62. The number of fused-ring (bicyclic) bond motifs is 1. The van der Waals surface area contributed by atoms with Crippen molar-refractivity contribution in [2.45, 2.75) is 30.2 Å². The molecule has 0 aromatic heterocycles. The third-order valence-electron chi connectivity index (χ3n) is 4.71. The lowest BCUT2D eigenvalue weighted by Crippen LogP contribution is -2.37. The second-order valence-corrected chi connectivity index (χ2v) is 8.55. The molecule has 2 amide bonds. The molecule has 1 saturated carbocycles. The Kier molecular flexibility index (Phi) is 4.57. The minimum absolute atomic E-state index is 0.242. The number of nitrogens with two attached hydrogens (primary N) is 1. The number of hydrogen-bond acceptors (Lipinski definition) is 3. The SMILES string of the molecule is NS(=O)(=O)c1ccc(Cc2ccc3c(c2)NC(=O)N[C@H]3C#CC2CC2)c(F)c1. The minimum Gasteiger partial charge on any atom is -0.320 e. The molecule has 28 heavy (non-hydrogen) atoms. The van der Waals surface area contributed by atoms with Crippen molar-refractivity contribution in [2.24, 2.45) is 11.1 Å². The number of hydrogen-bond donors (Lipinski definition) is 3. The van der Waals surface area contributed by atoms with Crippen LogP contribution in [0.1, 0.15) is 35.6 Å². The van der Waals surface area contributed by atoms with Gasteiger partial charge in [0.25, 0.3) is 0 Å². The monoisotopic (exact) mass is 399 g/mol. The van der Waals surface area contributed by atoms with Crippen LogP contribution in [0.2, 0.25) is 0 Å². The highest BCUT2D eigenvalue weighted by Gasteiger charge is 2.24. The van der Waals surface area contributed by atoms with Crippen molar-refractivity contribution in [3.8, 4) is 11.8 Å². The molecule has 0 radical (unpaired) electrons. The Labute approximate surface area is 162 Å². The molecule has 1 aliphatic heterocycles. The van der Waals surface area contributed by atoms with Crippen LogP contribution in [0.5, 0.6) is 0 Å². The average molecular weight is 399 g/mol. The molecular weight excluding hydrogens is 381 g/mol. The number of amides is 2. The Morgan fingerprint density at radius 1 is 1.14 bits per heavy atom. The number of sulfonamides is 1. The Morgan fingerprint density at radius 2 is 1.93 bits per heavy atom. The number of carbonyl (C=O) groups excluding carboxylic acids is 1. The molecule has 2 aromatic carbocycles. The highest BCUT2D eigenvalue weighted by Crippen LogP contribution is 2.31. The maximum Gasteiger partial charge on any atom is 0.320 e. The smallest absolute Gasteiger partial charge is 0.320 e. The first kappa shape index (κ1) is 18.5. The van der Waals surface area contributed by atoms with Gasteiger partial charge < -0.3 is 10.6 Å². The zero-order valence-corrected chi connectivity index (χ0v) is 15.6. The fraction of sp³-hybridized carbons (Fsp3) is 0.250. The van der Waals surface area contributed by atoms with Gasteiger partial charge in [-0.1, -0.05) is 30.0 Å². The quantitative estimate of drug-likeness (QED) is 0.692. The molecule has 1 fully saturated rings. The van der Waals surface area contributed by atoms with Crippen LogP contribution < -0.4 is 15.8 Å². The van der Waals surface area contributed by atoms with Crippen LogP contribution in [-0.4, -0.2) is 14.4 Å². The number of urea groups is 1. The van der Waals surface area contributed by atoms with Gasteiger partial charge >= 0.3 is 6.03 Å². The normalized spacial score (nSPS) is 18.4. The molecule has 1 heterocycles. The van der Waals surface area contributed by atoms with Crippen LogP contribution >= 0.6 is 0 Å². The molecule has 4 N–H and O–H groups in total. The second kappa shape index (κ2) is 6.93. The molecule has 0 unspecified atom stereocenters. The van der Waals surface area contributed by atoms with Crippen molar-refractivity contribution in [3.63, 3.8) is 0 Å². The molecular formula is C20H18FN3O3S. The number of primary sulfonamides is 1. The molecule has 4 rings (SSSR count). The van der Waals surface area contributed by atoms with Crippen LogP contribution in [0, 0.1) is 23.6 Å². The van der Waals surface area contributed by atoms with Crippen molar-refractivity contribution >= 4 is 21.7 Å². The maximum absolute atomic E-state index is 14.3. The molecule has 1 atom stereocenters. The summed E-state index contributed by atoms with van der Waals surface area (Å²) in [4.78, 5) is 11.7. The third kappa shape index (κ3) is 4.01. The number of nitrogens with one attached hydrogen (secondary N) is 2. The predicted octanol–water partition coefficient (Wildman–Crippen LogP) is 2.65. The highest BCUT2D eigenvalue weighted by atomic mass is 32.2. The summed E-state index contributed by atoms with van der Waals surface area (Å²) in [6.07, 6.45) is 2.45. The number of rotatable bonds is 3. The first-order valence-electron chi connectivity index (χ1n) is 8.82. The topological polar surface area (TPSA) is 101 Å². The summed E-state index contributed by atoms with van der Waals surface area (Å²) in [7, 11) is -3.95. The van der Waals surface area contributed by atoms with Gasteiger partial charge in [-0.25, -0.2) is 22.7 Å². The molecule has 2 aliphatic rings. The molecule has 0 bridgehead atoms. The van der Waals surface area contributed by atoms with Gasteiger partial charge in [0.05, 0.1) is 4.90 Å². The van der Waals surface area contributed by atoms with Crippen molar-refractivity contribution in [3.05, 3.63) is 58.9 Å². The molecule has 8 heteroatoms. The molecule has 0 spiro atoms. The van der Waals surface area contributed by atoms with E-state index < -0.39 is 15.8 Å². The summed E-state index contributed by atoms with van der Waals surface area (Å²) in [5.41, 5.74) is 2.61. The lowest BCUT2D eigenvalue weighted by atomic mass is 9.97. The van der Waals surface area contributed by atoms with Gasteiger partial charge in [0.1, 0.15) is 11.9 Å². The first-order valence-corrected chi connectivity index (χ1v) is 10.4. The van der Waals surface area contributed by atoms with E-state index in [0.717, 1.165) is 30.0 Å². The van der Waals surface area contributed by atoms with E-state index in [9.17, 15) is 17.6 Å².